The van der Waals surface area contributed by atoms with Crippen molar-refractivity contribution in [3.63, 3.8) is 0 Å². The zero-order valence-corrected chi connectivity index (χ0v) is 15.4. The van der Waals surface area contributed by atoms with E-state index in [0.29, 0.717) is 11.4 Å². The van der Waals surface area contributed by atoms with Crippen LogP contribution in [-0.2, 0) is 15.4 Å². The van der Waals surface area contributed by atoms with Gasteiger partial charge in [-0.1, -0.05) is 59.2 Å². The maximum atomic E-state index is 12.9. The number of rotatable bonds is 3. The molecule has 21 heavy (non-hydrogen) atoms. The molecule has 0 saturated heterocycles. The molecule has 0 saturated carbocycles. The lowest BCUT2D eigenvalue weighted by Gasteiger charge is -2.29. The fourth-order valence-electron chi connectivity index (χ4n) is 2.38. The summed E-state index contributed by atoms with van der Waals surface area (Å²) in [4.78, 5) is 0.423. The van der Waals surface area contributed by atoms with Crippen LogP contribution in [0.2, 0.25) is 0 Å². The van der Waals surface area contributed by atoms with Crippen LogP contribution in [0.15, 0.2) is 23.1 Å². The number of aryl methyl sites for hydroxylation is 1. The van der Waals surface area contributed by atoms with Crippen LogP contribution in [-0.4, -0.2) is 26.3 Å². The second kappa shape index (κ2) is 5.73. The smallest absolute Gasteiger partial charge is 0.207 e. The average Bonchev–Trinajstić information content (AvgIpc) is 2.24. The molecule has 120 valence electrons. The van der Waals surface area contributed by atoms with Gasteiger partial charge in [-0.3, -0.25) is 0 Å². The molecular formula is C17H29NO2S. The molecule has 0 aliphatic rings. The first-order chi connectivity index (χ1) is 9.25. The van der Waals surface area contributed by atoms with Gasteiger partial charge in [-0.15, -0.1) is 0 Å². The Balaban J connectivity index is 3.39. The number of hydrogen-bond acceptors (Lipinski definition) is 2. The van der Waals surface area contributed by atoms with Crippen LogP contribution in [0.3, 0.4) is 0 Å². The second-order valence-corrected chi connectivity index (χ2v) is 10.1. The summed E-state index contributed by atoms with van der Waals surface area (Å²) < 4.78 is 27.3. The van der Waals surface area contributed by atoms with E-state index in [-0.39, 0.29) is 10.8 Å². The minimum absolute atomic E-state index is 0.0750. The van der Waals surface area contributed by atoms with Gasteiger partial charge in [-0.05, 0) is 29.4 Å². The molecule has 0 fully saturated rings. The maximum Gasteiger partial charge on any atom is 0.243 e. The van der Waals surface area contributed by atoms with Crippen LogP contribution >= 0.6 is 0 Å². The fourth-order valence-corrected chi connectivity index (χ4v) is 4.15. The van der Waals surface area contributed by atoms with Crippen molar-refractivity contribution >= 4 is 10.0 Å². The SMILES string of the molecule is Cc1ccc(S(=O)(=O)N(C)CC(C)(C)C)c(C(C)(C)C)c1. The maximum absolute atomic E-state index is 12.9. The molecule has 0 spiro atoms. The van der Waals surface area contributed by atoms with Gasteiger partial charge in [0.05, 0.1) is 4.90 Å². The molecule has 0 aliphatic carbocycles. The third kappa shape index (κ3) is 4.55. The van der Waals surface area contributed by atoms with E-state index in [1.54, 1.807) is 13.1 Å². The Hall–Kier alpha value is -0.870. The predicted molar refractivity (Wildman–Crippen MR) is 89.1 cm³/mol. The van der Waals surface area contributed by atoms with Crippen molar-refractivity contribution in [2.24, 2.45) is 5.41 Å². The van der Waals surface area contributed by atoms with E-state index in [9.17, 15) is 8.42 Å². The first kappa shape index (κ1) is 18.2. The van der Waals surface area contributed by atoms with Crippen molar-refractivity contribution in [3.8, 4) is 0 Å². The molecule has 0 bridgehead atoms. The van der Waals surface area contributed by atoms with Crippen LogP contribution in [0.5, 0.6) is 0 Å². The molecule has 0 aliphatic heterocycles. The minimum atomic E-state index is -3.47. The second-order valence-electron chi connectivity index (χ2n) is 8.07. The molecule has 0 N–H and O–H groups in total. The summed E-state index contributed by atoms with van der Waals surface area (Å²) in [5, 5.41) is 0. The van der Waals surface area contributed by atoms with Gasteiger partial charge < -0.3 is 0 Å². The topological polar surface area (TPSA) is 37.4 Å². The standard InChI is InChI=1S/C17H29NO2S/c1-13-9-10-15(14(11-13)17(5,6)7)21(19,20)18(8)12-16(2,3)4/h9-11H,12H2,1-8H3. The Bertz CT molecular complexity index is 605. The molecule has 0 heterocycles. The third-order valence-corrected chi connectivity index (χ3v) is 5.19. The normalized spacial score (nSPS) is 13.8. The predicted octanol–water partition coefficient (Wildman–Crippen LogP) is 3.96. The number of hydrogen-bond donors (Lipinski definition) is 0. The number of nitrogens with zero attached hydrogens (tertiary/aromatic N) is 1. The molecule has 0 radical (unpaired) electrons. The average molecular weight is 311 g/mol. The van der Waals surface area contributed by atoms with E-state index in [2.05, 4.69) is 0 Å². The van der Waals surface area contributed by atoms with E-state index >= 15 is 0 Å². The highest BCUT2D eigenvalue weighted by atomic mass is 32.2. The van der Waals surface area contributed by atoms with Gasteiger partial charge in [0.25, 0.3) is 0 Å². The van der Waals surface area contributed by atoms with Crippen molar-refractivity contribution in [3.05, 3.63) is 29.3 Å². The van der Waals surface area contributed by atoms with Crippen molar-refractivity contribution < 1.29 is 8.42 Å². The van der Waals surface area contributed by atoms with E-state index in [1.807, 2.05) is 60.6 Å². The zero-order valence-electron chi connectivity index (χ0n) is 14.6. The molecule has 0 unspecified atom stereocenters. The molecule has 1 aromatic rings. The lowest BCUT2D eigenvalue weighted by atomic mass is 9.86. The van der Waals surface area contributed by atoms with Gasteiger partial charge >= 0.3 is 0 Å². The summed E-state index contributed by atoms with van der Waals surface area (Å²) in [6.45, 7) is 14.7. The van der Waals surface area contributed by atoms with Gasteiger partial charge in [0.2, 0.25) is 10.0 Å². The van der Waals surface area contributed by atoms with Crippen molar-refractivity contribution in [2.75, 3.05) is 13.6 Å². The Kier molecular flexibility index (Phi) is 4.96. The summed E-state index contributed by atoms with van der Waals surface area (Å²) in [6, 6.07) is 5.59. The van der Waals surface area contributed by atoms with Gasteiger partial charge in [-0.25, -0.2) is 12.7 Å². The van der Waals surface area contributed by atoms with Gasteiger partial charge in [-0.2, -0.15) is 0 Å². The quantitative estimate of drug-likeness (QED) is 0.847. The summed E-state index contributed by atoms with van der Waals surface area (Å²) in [7, 11) is -1.81. The van der Waals surface area contributed by atoms with Gasteiger partial charge in [0, 0.05) is 13.6 Å². The van der Waals surface area contributed by atoms with Crippen molar-refractivity contribution in [2.45, 2.75) is 58.8 Å². The van der Waals surface area contributed by atoms with E-state index in [0.717, 1.165) is 11.1 Å². The fraction of sp³-hybridized carbons (Fsp3) is 0.647. The molecule has 4 heteroatoms. The van der Waals surface area contributed by atoms with Gasteiger partial charge in [0.15, 0.2) is 0 Å². The van der Waals surface area contributed by atoms with Crippen molar-refractivity contribution in [1.29, 1.82) is 0 Å². The summed E-state index contributed by atoms with van der Waals surface area (Å²) in [5.74, 6) is 0. The molecular weight excluding hydrogens is 282 g/mol. The third-order valence-electron chi connectivity index (χ3n) is 3.33. The highest BCUT2D eigenvalue weighted by Gasteiger charge is 2.30. The Morgan fingerprint density at radius 2 is 1.57 bits per heavy atom. The molecule has 3 nitrogen and oxygen atoms in total. The Labute approximate surface area is 130 Å². The largest absolute Gasteiger partial charge is 0.243 e. The Morgan fingerprint density at radius 1 is 1.05 bits per heavy atom. The molecule has 1 rings (SSSR count). The molecule has 1 aromatic carbocycles. The van der Waals surface area contributed by atoms with Crippen LogP contribution < -0.4 is 0 Å². The van der Waals surface area contributed by atoms with Crippen molar-refractivity contribution in [1.82, 2.24) is 4.31 Å². The minimum Gasteiger partial charge on any atom is -0.207 e. The first-order valence-electron chi connectivity index (χ1n) is 7.33. The first-order valence-corrected chi connectivity index (χ1v) is 8.77. The van der Waals surface area contributed by atoms with E-state index in [4.69, 9.17) is 0 Å². The molecule has 0 atom stereocenters. The van der Waals surface area contributed by atoms with Gasteiger partial charge in [0.1, 0.15) is 0 Å². The lowest BCUT2D eigenvalue weighted by molar-refractivity contribution is 0.310. The molecule has 0 amide bonds. The Morgan fingerprint density at radius 3 is 2.00 bits per heavy atom. The number of benzene rings is 1. The lowest BCUT2D eigenvalue weighted by Crippen LogP contribution is -2.35. The van der Waals surface area contributed by atoms with Crippen LogP contribution in [0.1, 0.15) is 52.7 Å². The monoisotopic (exact) mass is 311 g/mol. The van der Waals surface area contributed by atoms with Crippen LogP contribution in [0, 0.1) is 12.3 Å². The number of sulfonamides is 1. The summed E-state index contributed by atoms with van der Waals surface area (Å²) >= 11 is 0. The summed E-state index contributed by atoms with van der Waals surface area (Å²) in [6.07, 6.45) is 0. The van der Waals surface area contributed by atoms with Crippen LogP contribution in [0.4, 0.5) is 0 Å². The van der Waals surface area contributed by atoms with Crippen LogP contribution in [0.25, 0.3) is 0 Å². The van der Waals surface area contributed by atoms with E-state index in [1.165, 1.54) is 4.31 Å². The highest BCUT2D eigenvalue weighted by molar-refractivity contribution is 7.89. The zero-order chi connectivity index (χ0) is 16.6. The van der Waals surface area contributed by atoms with E-state index < -0.39 is 10.0 Å². The summed E-state index contributed by atoms with van der Waals surface area (Å²) in [5.41, 5.74) is 1.67. The molecule has 0 aromatic heterocycles. The highest BCUT2D eigenvalue weighted by Crippen LogP contribution is 2.32.